The number of nitrogens with one attached hydrogen (secondary N) is 1. The first kappa shape index (κ1) is 25.2. The maximum atomic E-state index is 12.8. The van der Waals surface area contributed by atoms with Gasteiger partial charge in [-0.2, -0.15) is 5.26 Å². The van der Waals surface area contributed by atoms with Gasteiger partial charge in [0, 0.05) is 20.7 Å². The van der Waals surface area contributed by atoms with Gasteiger partial charge in [-0.15, -0.1) is 11.3 Å². The SMILES string of the molecule is Cc1cc(C)c(-c2csc(NC(=O)COC(=O)c3ccccc3Sc3ccccc3C#N)n2)c(C)c1. The molecule has 0 fully saturated rings. The number of amides is 1. The van der Waals surface area contributed by atoms with E-state index in [2.05, 4.69) is 35.4 Å². The minimum absolute atomic E-state index is 0.324. The number of rotatable bonds is 7. The number of hydrogen-bond donors (Lipinski definition) is 1. The molecular formula is C28H23N3O3S2. The fourth-order valence-electron chi connectivity index (χ4n) is 3.88. The lowest BCUT2D eigenvalue weighted by molar-refractivity contribution is -0.119. The average Bonchev–Trinajstić information content (AvgIpc) is 3.30. The van der Waals surface area contributed by atoms with Gasteiger partial charge < -0.3 is 4.74 Å². The van der Waals surface area contributed by atoms with Crippen molar-refractivity contribution < 1.29 is 14.3 Å². The molecule has 1 heterocycles. The maximum Gasteiger partial charge on any atom is 0.339 e. The summed E-state index contributed by atoms with van der Waals surface area (Å²) in [6.07, 6.45) is 0. The Labute approximate surface area is 218 Å². The standard InChI is InChI=1S/C28H23N3O3S2/c1-17-12-18(2)26(19(3)13-17)22-16-35-28(30-22)31-25(32)15-34-27(33)21-9-5-7-11-24(21)36-23-10-6-4-8-20(23)14-29/h4-13,16H,15H2,1-3H3,(H,30,31,32). The third-order valence-electron chi connectivity index (χ3n) is 5.35. The van der Waals surface area contributed by atoms with Crippen LogP contribution in [0, 0.1) is 32.1 Å². The van der Waals surface area contributed by atoms with E-state index >= 15 is 0 Å². The lowest BCUT2D eigenvalue weighted by atomic mass is 9.98. The third kappa shape index (κ3) is 5.82. The Morgan fingerprint density at radius 3 is 2.42 bits per heavy atom. The number of nitrogens with zero attached hydrogens (tertiary/aromatic N) is 2. The highest BCUT2D eigenvalue weighted by Crippen LogP contribution is 2.33. The van der Waals surface area contributed by atoms with Crippen LogP contribution in [0.4, 0.5) is 5.13 Å². The number of benzene rings is 3. The molecule has 0 aliphatic rings. The Bertz CT molecular complexity index is 1460. The van der Waals surface area contributed by atoms with Crippen LogP contribution in [-0.4, -0.2) is 23.5 Å². The molecule has 0 unspecified atom stereocenters. The summed E-state index contributed by atoms with van der Waals surface area (Å²) in [4.78, 5) is 31.2. The molecule has 0 saturated carbocycles. The molecule has 8 heteroatoms. The molecule has 6 nitrogen and oxygen atoms in total. The maximum absolute atomic E-state index is 12.8. The van der Waals surface area contributed by atoms with E-state index in [0.29, 0.717) is 21.2 Å². The Morgan fingerprint density at radius 1 is 1.03 bits per heavy atom. The van der Waals surface area contributed by atoms with Gasteiger partial charge in [0.25, 0.3) is 5.91 Å². The fraction of sp³-hybridized carbons (Fsp3) is 0.143. The molecule has 3 aromatic carbocycles. The minimum atomic E-state index is -0.617. The number of nitriles is 1. The van der Waals surface area contributed by atoms with Gasteiger partial charge in [0.15, 0.2) is 11.7 Å². The van der Waals surface area contributed by atoms with E-state index in [4.69, 9.17) is 4.74 Å². The van der Waals surface area contributed by atoms with Crippen LogP contribution in [-0.2, 0) is 9.53 Å². The Kier molecular flexibility index (Phi) is 7.84. The third-order valence-corrected chi connectivity index (χ3v) is 7.26. The van der Waals surface area contributed by atoms with Gasteiger partial charge in [-0.25, -0.2) is 9.78 Å². The predicted octanol–water partition coefficient (Wildman–Crippen LogP) is 6.55. The van der Waals surface area contributed by atoms with E-state index in [-0.39, 0.29) is 0 Å². The van der Waals surface area contributed by atoms with Gasteiger partial charge in [-0.1, -0.05) is 53.7 Å². The van der Waals surface area contributed by atoms with Crippen molar-refractivity contribution in [1.29, 1.82) is 5.26 Å². The lowest BCUT2D eigenvalue weighted by Crippen LogP contribution is -2.21. The second-order valence-electron chi connectivity index (χ2n) is 8.14. The van der Waals surface area contributed by atoms with Gasteiger partial charge in [0.2, 0.25) is 0 Å². The number of esters is 1. The summed E-state index contributed by atoms with van der Waals surface area (Å²) >= 11 is 2.62. The lowest BCUT2D eigenvalue weighted by Gasteiger charge is -2.10. The Hall–Kier alpha value is -3.93. The summed E-state index contributed by atoms with van der Waals surface area (Å²) in [7, 11) is 0. The highest BCUT2D eigenvalue weighted by Gasteiger charge is 2.17. The summed E-state index contributed by atoms with van der Waals surface area (Å²) in [5.74, 6) is -1.09. The van der Waals surface area contributed by atoms with Crippen molar-refractivity contribution >= 4 is 40.1 Å². The highest BCUT2D eigenvalue weighted by molar-refractivity contribution is 7.99. The molecule has 0 radical (unpaired) electrons. The zero-order valence-corrected chi connectivity index (χ0v) is 21.6. The highest BCUT2D eigenvalue weighted by atomic mass is 32.2. The fourth-order valence-corrected chi connectivity index (χ4v) is 5.62. The molecule has 1 N–H and O–H groups in total. The van der Waals surface area contributed by atoms with Crippen LogP contribution in [0.5, 0.6) is 0 Å². The number of aryl methyl sites for hydroxylation is 3. The number of anilines is 1. The largest absolute Gasteiger partial charge is 0.452 e. The van der Waals surface area contributed by atoms with Gasteiger partial charge in [0.1, 0.15) is 6.07 Å². The Morgan fingerprint density at radius 2 is 1.69 bits per heavy atom. The van der Waals surface area contributed by atoms with Crippen LogP contribution < -0.4 is 5.32 Å². The van der Waals surface area contributed by atoms with E-state index in [9.17, 15) is 14.9 Å². The molecule has 0 aliphatic heterocycles. The van der Waals surface area contributed by atoms with Crippen LogP contribution in [0.1, 0.15) is 32.6 Å². The topological polar surface area (TPSA) is 92.1 Å². The molecule has 1 aromatic heterocycles. The van der Waals surface area contributed by atoms with E-state index in [1.165, 1.54) is 28.7 Å². The van der Waals surface area contributed by atoms with Gasteiger partial charge in [0.05, 0.1) is 16.8 Å². The van der Waals surface area contributed by atoms with E-state index in [1.54, 1.807) is 36.4 Å². The van der Waals surface area contributed by atoms with Crippen LogP contribution in [0.15, 0.2) is 75.8 Å². The van der Waals surface area contributed by atoms with E-state index in [0.717, 1.165) is 27.3 Å². The summed E-state index contributed by atoms with van der Waals surface area (Å²) in [5.41, 5.74) is 6.13. The number of ether oxygens (including phenoxy) is 1. The molecule has 36 heavy (non-hydrogen) atoms. The summed E-state index contributed by atoms with van der Waals surface area (Å²) in [6.45, 7) is 5.70. The van der Waals surface area contributed by atoms with Gasteiger partial charge >= 0.3 is 5.97 Å². The van der Waals surface area contributed by atoms with Gasteiger partial charge in [-0.3, -0.25) is 10.1 Å². The molecule has 4 aromatic rings. The molecule has 0 atom stereocenters. The second kappa shape index (κ2) is 11.2. The van der Waals surface area contributed by atoms with Crippen molar-refractivity contribution in [3.05, 3.63) is 93.9 Å². The molecule has 180 valence electrons. The van der Waals surface area contributed by atoms with Crippen LogP contribution in [0.3, 0.4) is 0 Å². The van der Waals surface area contributed by atoms with Crippen molar-refractivity contribution in [3.63, 3.8) is 0 Å². The smallest absolute Gasteiger partial charge is 0.339 e. The van der Waals surface area contributed by atoms with Crippen LogP contribution >= 0.6 is 23.1 Å². The minimum Gasteiger partial charge on any atom is -0.452 e. The van der Waals surface area contributed by atoms with Crippen molar-refractivity contribution in [2.45, 2.75) is 30.6 Å². The van der Waals surface area contributed by atoms with Crippen molar-refractivity contribution in [1.82, 2.24) is 4.98 Å². The van der Waals surface area contributed by atoms with Crippen molar-refractivity contribution in [3.8, 4) is 17.3 Å². The zero-order chi connectivity index (χ0) is 25.7. The van der Waals surface area contributed by atoms with Crippen LogP contribution in [0.25, 0.3) is 11.3 Å². The monoisotopic (exact) mass is 513 g/mol. The number of thiazole rings is 1. The second-order valence-corrected chi connectivity index (χ2v) is 10.1. The molecular weight excluding hydrogens is 490 g/mol. The number of hydrogen-bond acceptors (Lipinski definition) is 7. The molecule has 0 bridgehead atoms. The zero-order valence-electron chi connectivity index (χ0n) is 20.0. The normalized spacial score (nSPS) is 10.5. The molecule has 1 amide bonds. The Balaban J connectivity index is 1.40. The van der Waals surface area contributed by atoms with Gasteiger partial charge in [-0.05, 0) is 56.2 Å². The summed E-state index contributed by atoms with van der Waals surface area (Å²) in [5, 5.41) is 14.4. The van der Waals surface area contributed by atoms with Crippen LogP contribution in [0.2, 0.25) is 0 Å². The first-order valence-corrected chi connectivity index (χ1v) is 12.8. The molecule has 4 rings (SSSR count). The van der Waals surface area contributed by atoms with E-state index < -0.39 is 18.5 Å². The van der Waals surface area contributed by atoms with Crippen molar-refractivity contribution in [2.24, 2.45) is 0 Å². The number of carbonyl (C=O) groups excluding carboxylic acids is 2. The number of carbonyl (C=O) groups is 2. The molecule has 0 saturated heterocycles. The summed E-state index contributed by atoms with van der Waals surface area (Å²) in [6, 6.07) is 20.5. The first-order valence-electron chi connectivity index (χ1n) is 11.1. The average molecular weight is 514 g/mol. The molecule has 0 spiro atoms. The first-order chi connectivity index (χ1) is 17.4. The summed E-state index contributed by atoms with van der Waals surface area (Å²) < 4.78 is 5.29. The number of aromatic nitrogens is 1. The molecule has 0 aliphatic carbocycles. The quantitative estimate of drug-likeness (QED) is 0.282. The predicted molar refractivity (Wildman–Crippen MR) is 142 cm³/mol. The van der Waals surface area contributed by atoms with Crippen molar-refractivity contribution in [2.75, 3.05) is 11.9 Å². The van der Waals surface area contributed by atoms with E-state index in [1.807, 2.05) is 31.4 Å².